The smallest absolute Gasteiger partial charge is 0.407 e. The maximum absolute atomic E-state index is 13.3. The second-order valence-electron chi connectivity index (χ2n) is 10.3. The molecule has 186 valence electrons. The number of nitrogens with zero attached hydrogens (tertiary/aromatic N) is 1. The van der Waals surface area contributed by atoms with E-state index in [1.807, 2.05) is 38.1 Å². The summed E-state index contributed by atoms with van der Waals surface area (Å²) in [4.78, 5) is 39.1. The quantitative estimate of drug-likeness (QED) is 0.604. The predicted molar refractivity (Wildman–Crippen MR) is 133 cm³/mol. The normalized spacial score (nSPS) is 18.2. The molecule has 2 aliphatic rings. The summed E-state index contributed by atoms with van der Waals surface area (Å²) in [6, 6.07) is 16.3. The number of piperidine rings is 1. The van der Waals surface area contributed by atoms with Crippen LogP contribution in [0.4, 0.5) is 4.79 Å². The van der Waals surface area contributed by atoms with Crippen LogP contribution in [-0.4, -0.2) is 54.2 Å². The molecule has 7 nitrogen and oxygen atoms in total. The number of likely N-dealkylation sites (tertiary alicyclic amines) is 1. The van der Waals surface area contributed by atoms with E-state index in [0.29, 0.717) is 32.4 Å². The van der Waals surface area contributed by atoms with Gasteiger partial charge in [-0.05, 0) is 55.4 Å². The van der Waals surface area contributed by atoms with E-state index in [1.165, 1.54) is 11.1 Å². The van der Waals surface area contributed by atoms with Gasteiger partial charge in [0, 0.05) is 25.6 Å². The molecule has 35 heavy (non-hydrogen) atoms. The molecule has 0 spiro atoms. The van der Waals surface area contributed by atoms with Crippen LogP contribution in [-0.2, 0) is 14.3 Å². The molecule has 7 heteroatoms. The highest BCUT2D eigenvalue weighted by Crippen LogP contribution is 2.44. The van der Waals surface area contributed by atoms with Crippen molar-refractivity contribution in [2.45, 2.75) is 46.0 Å². The number of carbonyl (C=O) groups is 3. The topological polar surface area (TPSA) is 95.9 Å². The Hall–Kier alpha value is -3.35. The van der Waals surface area contributed by atoms with E-state index >= 15 is 0 Å². The molecule has 0 saturated carbocycles. The minimum atomic E-state index is -0.820. The van der Waals surface area contributed by atoms with E-state index in [2.05, 4.69) is 29.6 Å². The lowest BCUT2D eigenvalue weighted by molar-refractivity contribution is -0.155. The molecule has 1 fully saturated rings. The van der Waals surface area contributed by atoms with E-state index in [-0.39, 0.29) is 25.0 Å². The highest BCUT2D eigenvalue weighted by Gasteiger charge is 2.42. The van der Waals surface area contributed by atoms with Gasteiger partial charge >= 0.3 is 12.1 Å². The fourth-order valence-electron chi connectivity index (χ4n) is 5.07. The Morgan fingerprint density at radius 1 is 1.06 bits per heavy atom. The van der Waals surface area contributed by atoms with Crippen molar-refractivity contribution in [2.24, 2.45) is 10.8 Å². The van der Waals surface area contributed by atoms with E-state index in [0.717, 1.165) is 11.1 Å². The van der Waals surface area contributed by atoms with Crippen LogP contribution in [0.25, 0.3) is 11.1 Å². The van der Waals surface area contributed by atoms with Crippen molar-refractivity contribution in [1.29, 1.82) is 0 Å². The largest absolute Gasteiger partial charge is 0.481 e. The Morgan fingerprint density at radius 3 is 2.11 bits per heavy atom. The molecule has 1 aliphatic heterocycles. The van der Waals surface area contributed by atoms with Crippen LogP contribution in [0.2, 0.25) is 0 Å². The molecule has 0 aromatic heterocycles. The summed E-state index contributed by atoms with van der Waals surface area (Å²) < 4.78 is 5.62. The SMILES string of the molecule is CCC(C)(CNC(=O)OCC1c2ccccc2-c2ccccc21)C(=O)N1CCC(C)(C(=O)O)CC1. The second-order valence-corrected chi connectivity index (χ2v) is 10.3. The minimum Gasteiger partial charge on any atom is -0.481 e. The first kappa shape index (κ1) is 24.8. The third-order valence-corrected chi connectivity index (χ3v) is 7.93. The van der Waals surface area contributed by atoms with E-state index in [4.69, 9.17) is 4.74 Å². The van der Waals surface area contributed by atoms with Gasteiger partial charge < -0.3 is 20.1 Å². The van der Waals surface area contributed by atoms with Crippen molar-refractivity contribution < 1.29 is 24.2 Å². The monoisotopic (exact) mass is 478 g/mol. The molecule has 4 rings (SSSR count). The molecular weight excluding hydrogens is 444 g/mol. The number of carboxylic acids is 1. The summed E-state index contributed by atoms with van der Waals surface area (Å²) in [5.74, 6) is -0.907. The molecule has 1 atom stereocenters. The van der Waals surface area contributed by atoms with Gasteiger partial charge in [-0.2, -0.15) is 0 Å². The van der Waals surface area contributed by atoms with Crippen molar-refractivity contribution in [3.63, 3.8) is 0 Å². The molecule has 2 aromatic carbocycles. The van der Waals surface area contributed by atoms with Crippen LogP contribution in [0.5, 0.6) is 0 Å². The Labute approximate surface area is 206 Å². The van der Waals surface area contributed by atoms with Crippen molar-refractivity contribution >= 4 is 18.0 Å². The third kappa shape index (κ3) is 4.77. The van der Waals surface area contributed by atoms with Gasteiger partial charge in [-0.1, -0.05) is 55.5 Å². The van der Waals surface area contributed by atoms with Gasteiger partial charge in [-0.25, -0.2) is 4.79 Å². The van der Waals surface area contributed by atoms with Crippen LogP contribution < -0.4 is 5.32 Å². The number of ether oxygens (including phenoxy) is 1. The van der Waals surface area contributed by atoms with Gasteiger partial charge in [0.15, 0.2) is 0 Å². The van der Waals surface area contributed by atoms with Crippen molar-refractivity contribution in [3.05, 3.63) is 59.7 Å². The summed E-state index contributed by atoms with van der Waals surface area (Å²) in [5.41, 5.74) is 3.05. The van der Waals surface area contributed by atoms with Gasteiger partial charge in [0.2, 0.25) is 5.91 Å². The summed E-state index contributed by atoms with van der Waals surface area (Å²) >= 11 is 0. The highest BCUT2D eigenvalue weighted by molar-refractivity contribution is 5.84. The van der Waals surface area contributed by atoms with Gasteiger partial charge in [0.1, 0.15) is 6.61 Å². The van der Waals surface area contributed by atoms with Crippen molar-refractivity contribution in [1.82, 2.24) is 10.2 Å². The number of alkyl carbamates (subject to hydrolysis) is 1. The number of hydrogen-bond acceptors (Lipinski definition) is 4. The number of carboxylic acid groups (broad SMARTS) is 1. The predicted octanol–water partition coefficient (Wildman–Crippen LogP) is 4.65. The lowest BCUT2D eigenvalue weighted by atomic mass is 9.79. The Kier molecular flexibility index (Phi) is 6.88. The van der Waals surface area contributed by atoms with E-state index in [9.17, 15) is 19.5 Å². The Bertz CT molecular complexity index is 1080. The number of aliphatic carboxylic acids is 1. The average molecular weight is 479 g/mol. The van der Waals surface area contributed by atoms with Crippen molar-refractivity contribution in [2.75, 3.05) is 26.2 Å². The van der Waals surface area contributed by atoms with Gasteiger partial charge in [-0.3, -0.25) is 9.59 Å². The molecule has 1 heterocycles. The fraction of sp³-hybridized carbons (Fsp3) is 0.464. The van der Waals surface area contributed by atoms with Crippen LogP contribution in [0, 0.1) is 10.8 Å². The van der Waals surface area contributed by atoms with E-state index in [1.54, 1.807) is 11.8 Å². The number of nitrogens with one attached hydrogen (secondary N) is 1. The number of rotatable bonds is 7. The zero-order valence-electron chi connectivity index (χ0n) is 20.7. The standard InChI is InChI=1S/C28H34N2O5/c1-4-27(2,24(31)30-15-13-28(3,14-16-30)25(32)33)18-29-26(34)35-17-23-21-11-7-5-9-19(21)20-10-6-8-12-22(20)23/h5-12,23H,4,13-18H2,1-3H3,(H,29,34)(H,32,33). The lowest BCUT2D eigenvalue weighted by Gasteiger charge is -2.40. The number of benzene rings is 2. The van der Waals surface area contributed by atoms with Crippen molar-refractivity contribution in [3.8, 4) is 11.1 Å². The highest BCUT2D eigenvalue weighted by atomic mass is 16.5. The van der Waals surface area contributed by atoms with Crippen LogP contribution in [0.3, 0.4) is 0 Å². The zero-order valence-corrected chi connectivity index (χ0v) is 20.7. The molecule has 1 saturated heterocycles. The second kappa shape index (κ2) is 9.72. The molecule has 0 radical (unpaired) electrons. The first-order valence-electron chi connectivity index (χ1n) is 12.3. The van der Waals surface area contributed by atoms with Crippen LogP contribution in [0.15, 0.2) is 48.5 Å². The van der Waals surface area contributed by atoms with Gasteiger partial charge in [-0.15, -0.1) is 0 Å². The molecule has 1 unspecified atom stereocenters. The Morgan fingerprint density at radius 2 is 1.60 bits per heavy atom. The molecule has 2 amide bonds. The zero-order chi connectivity index (χ0) is 25.2. The van der Waals surface area contributed by atoms with Gasteiger partial charge in [0.25, 0.3) is 0 Å². The molecule has 2 aromatic rings. The van der Waals surface area contributed by atoms with Crippen LogP contribution >= 0.6 is 0 Å². The number of fused-ring (bicyclic) bond motifs is 3. The molecule has 0 bridgehead atoms. The fourth-order valence-corrected chi connectivity index (χ4v) is 5.07. The lowest BCUT2D eigenvalue weighted by Crippen LogP contribution is -2.52. The average Bonchev–Trinajstić information content (AvgIpc) is 3.19. The first-order valence-corrected chi connectivity index (χ1v) is 12.3. The molecular formula is C28H34N2O5. The summed E-state index contributed by atoms with van der Waals surface area (Å²) in [6.45, 7) is 6.67. The number of carbonyl (C=O) groups excluding carboxylic acids is 2. The van der Waals surface area contributed by atoms with E-state index < -0.39 is 22.9 Å². The first-order chi connectivity index (χ1) is 16.7. The summed E-state index contributed by atoms with van der Waals surface area (Å²) in [6.07, 6.45) is 0.847. The minimum absolute atomic E-state index is 0.0239. The van der Waals surface area contributed by atoms with Crippen LogP contribution in [0.1, 0.15) is 57.1 Å². The maximum atomic E-state index is 13.3. The van der Waals surface area contributed by atoms with Gasteiger partial charge in [0.05, 0.1) is 10.8 Å². The number of amides is 2. The molecule has 1 aliphatic carbocycles. The Balaban J connectivity index is 1.34. The molecule has 2 N–H and O–H groups in total. The third-order valence-electron chi connectivity index (χ3n) is 7.93. The summed E-state index contributed by atoms with van der Waals surface area (Å²) in [7, 11) is 0. The summed E-state index contributed by atoms with van der Waals surface area (Å²) in [5, 5.41) is 12.2. The number of hydrogen-bond donors (Lipinski definition) is 2. The maximum Gasteiger partial charge on any atom is 0.407 e.